The lowest BCUT2D eigenvalue weighted by atomic mass is 10.2. The molecule has 3 heterocycles. The molecule has 1 aliphatic heterocycles. The molecule has 2 aromatic heterocycles. The Hall–Kier alpha value is -1.70. The second-order valence-electron chi connectivity index (χ2n) is 4.12. The van der Waals surface area contributed by atoms with E-state index in [2.05, 4.69) is 65.7 Å². The molecule has 0 saturated carbocycles. The highest BCUT2D eigenvalue weighted by molar-refractivity contribution is 5.47. The largest absolute Gasteiger partial charge is 0.350 e. The summed E-state index contributed by atoms with van der Waals surface area (Å²) in [6, 6.07) is 10.7. The van der Waals surface area contributed by atoms with Gasteiger partial charge in [0.2, 0.25) is 0 Å². The van der Waals surface area contributed by atoms with Crippen LogP contribution in [0.2, 0.25) is 0 Å². The maximum Gasteiger partial charge on any atom is 0.350 e. The minimum atomic E-state index is 0.385. The van der Waals surface area contributed by atoms with Gasteiger partial charge in [0.05, 0.1) is 6.92 Å². The topological polar surface area (TPSA) is 7.76 Å². The number of hydrogen-bond acceptors (Lipinski definition) is 0. The zero-order valence-electron chi connectivity index (χ0n) is 9.01. The first-order valence-electron chi connectivity index (χ1n) is 5.30. The van der Waals surface area contributed by atoms with Crippen LogP contribution in [-0.4, -0.2) is 0 Å². The zero-order chi connectivity index (χ0) is 10.4. The minimum absolute atomic E-state index is 0.385. The summed E-state index contributed by atoms with van der Waals surface area (Å²) in [5.41, 5.74) is 3.90. The van der Waals surface area contributed by atoms with Gasteiger partial charge < -0.3 is 0 Å². The van der Waals surface area contributed by atoms with Crippen LogP contribution in [0.25, 0.3) is 11.4 Å². The van der Waals surface area contributed by atoms with E-state index in [-0.39, 0.29) is 0 Å². The molecule has 0 aliphatic carbocycles. The summed E-state index contributed by atoms with van der Waals surface area (Å²) in [5, 5.41) is 0. The highest BCUT2D eigenvalue weighted by Crippen LogP contribution is 2.18. The predicted molar refractivity (Wildman–Crippen MR) is 57.1 cm³/mol. The Balaban J connectivity index is 2.32. The summed E-state index contributed by atoms with van der Waals surface area (Å²) in [6.45, 7) is 4.35. The second-order valence-corrected chi connectivity index (χ2v) is 4.12. The van der Waals surface area contributed by atoms with E-state index in [0.29, 0.717) is 6.17 Å². The van der Waals surface area contributed by atoms with Crippen LogP contribution in [0.3, 0.4) is 0 Å². The summed E-state index contributed by atoms with van der Waals surface area (Å²) < 4.78 is 4.62. The zero-order valence-corrected chi connectivity index (χ0v) is 9.01. The summed E-state index contributed by atoms with van der Waals surface area (Å²) in [4.78, 5) is 0. The third kappa shape index (κ3) is 1.11. The van der Waals surface area contributed by atoms with Crippen molar-refractivity contribution in [3.63, 3.8) is 0 Å². The number of hydrogen-bond donors (Lipinski definition) is 0. The van der Waals surface area contributed by atoms with E-state index in [1.807, 2.05) is 0 Å². The van der Waals surface area contributed by atoms with Crippen molar-refractivity contribution in [2.45, 2.75) is 20.0 Å². The van der Waals surface area contributed by atoms with E-state index >= 15 is 0 Å². The second kappa shape index (κ2) is 2.89. The number of rotatable bonds is 0. The van der Waals surface area contributed by atoms with E-state index in [4.69, 9.17) is 0 Å². The Bertz CT molecular complexity index is 532. The number of fused-ring (bicyclic) bond motifs is 3. The van der Waals surface area contributed by atoms with Crippen molar-refractivity contribution in [1.82, 2.24) is 0 Å². The Kier molecular flexibility index (Phi) is 1.66. The van der Waals surface area contributed by atoms with E-state index < -0.39 is 0 Å². The lowest BCUT2D eigenvalue weighted by molar-refractivity contribution is -0.906. The van der Waals surface area contributed by atoms with Gasteiger partial charge in [-0.15, -0.1) is 9.13 Å². The van der Waals surface area contributed by atoms with E-state index in [0.717, 1.165) is 0 Å². The Labute approximate surface area is 89.4 Å². The normalized spacial score (nSPS) is 17.3. The van der Waals surface area contributed by atoms with Crippen LogP contribution in [0.4, 0.5) is 0 Å². The lowest BCUT2D eigenvalue weighted by Crippen LogP contribution is -2.49. The molecule has 15 heavy (non-hydrogen) atoms. The van der Waals surface area contributed by atoms with Crippen molar-refractivity contribution in [3.8, 4) is 11.4 Å². The maximum atomic E-state index is 2.32. The van der Waals surface area contributed by atoms with Gasteiger partial charge in [-0.25, -0.2) is 0 Å². The van der Waals surface area contributed by atoms with Crippen molar-refractivity contribution >= 4 is 0 Å². The van der Waals surface area contributed by atoms with Crippen LogP contribution in [0, 0.1) is 6.92 Å². The van der Waals surface area contributed by atoms with Crippen LogP contribution in [0.5, 0.6) is 0 Å². The van der Waals surface area contributed by atoms with Gasteiger partial charge in [0.15, 0.2) is 12.4 Å². The predicted octanol–water partition coefficient (Wildman–Crippen LogP) is 1.62. The average molecular weight is 198 g/mol. The monoisotopic (exact) mass is 198 g/mol. The molecule has 0 amide bonds. The Morgan fingerprint density at radius 3 is 2.67 bits per heavy atom. The molecule has 1 unspecified atom stereocenters. The molecule has 0 N–H and O–H groups in total. The summed E-state index contributed by atoms with van der Waals surface area (Å²) in [6.07, 6.45) is 4.74. The molecule has 0 fully saturated rings. The third-order valence-electron chi connectivity index (χ3n) is 3.08. The number of aromatic nitrogens is 2. The van der Waals surface area contributed by atoms with Crippen molar-refractivity contribution in [2.24, 2.45) is 0 Å². The van der Waals surface area contributed by atoms with Crippen LogP contribution in [0.1, 0.15) is 18.7 Å². The van der Waals surface area contributed by atoms with Crippen molar-refractivity contribution in [2.75, 3.05) is 0 Å². The number of pyridine rings is 2. The molecule has 0 saturated heterocycles. The van der Waals surface area contributed by atoms with Gasteiger partial charge in [-0.2, -0.15) is 0 Å². The molecule has 2 aromatic rings. The average Bonchev–Trinajstić information content (AvgIpc) is 2.54. The van der Waals surface area contributed by atoms with Crippen LogP contribution >= 0.6 is 0 Å². The van der Waals surface area contributed by atoms with Crippen LogP contribution < -0.4 is 9.13 Å². The van der Waals surface area contributed by atoms with Gasteiger partial charge in [-0.05, 0) is 19.1 Å². The fraction of sp³-hybridized carbons (Fsp3) is 0.231. The van der Waals surface area contributed by atoms with Gasteiger partial charge in [0.25, 0.3) is 11.4 Å². The first kappa shape index (κ1) is 8.60. The molecule has 2 heteroatoms. The van der Waals surface area contributed by atoms with Gasteiger partial charge in [-0.3, -0.25) is 0 Å². The summed E-state index contributed by atoms with van der Waals surface area (Å²) in [7, 11) is 0. The van der Waals surface area contributed by atoms with Crippen molar-refractivity contribution in [1.29, 1.82) is 0 Å². The van der Waals surface area contributed by atoms with E-state index in [1.165, 1.54) is 17.0 Å². The molecule has 2 nitrogen and oxygen atoms in total. The third-order valence-corrected chi connectivity index (χ3v) is 3.08. The molecular formula is C13H14N2+2. The van der Waals surface area contributed by atoms with Gasteiger partial charge in [-0.1, -0.05) is 0 Å². The highest BCUT2D eigenvalue weighted by atomic mass is 15.3. The molecule has 0 radical (unpaired) electrons. The fourth-order valence-corrected chi connectivity index (χ4v) is 2.29. The van der Waals surface area contributed by atoms with Crippen LogP contribution in [-0.2, 0) is 0 Å². The minimum Gasteiger partial charge on any atom is -0.131 e. The molecule has 0 bridgehead atoms. The van der Waals surface area contributed by atoms with E-state index in [1.54, 1.807) is 0 Å². The maximum absolute atomic E-state index is 2.32. The van der Waals surface area contributed by atoms with Crippen molar-refractivity contribution < 1.29 is 9.13 Å². The standard InChI is InChI=1S/C13H14N2/c1-10-6-7-13-12-5-3-4-8-14(12)11(2)15(13)9-10/h3-9,11H,1-2H3/q+2. The SMILES string of the molecule is Cc1ccc2[n+](c1)C(C)[n+]1ccccc1-2. The molecule has 1 aliphatic rings. The molecule has 0 spiro atoms. The van der Waals surface area contributed by atoms with Gasteiger partial charge in [0.1, 0.15) is 0 Å². The molecule has 3 rings (SSSR count). The Morgan fingerprint density at radius 1 is 1.00 bits per heavy atom. The van der Waals surface area contributed by atoms with Gasteiger partial charge in [0, 0.05) is 23.8 Å². The number of nitrogens with zero attached hydrogens (tertiary/aromatic N) is 2. The quantitative estimate of drug-likeness (QED) is 0.568. The smallest absolute Gasteiger partial charge is 0.131 e. The van der Waals surface area contributed by atoms with Gasteiger partial charge >= 0.3 is 6.17 Å². The lowest BCUT2D eigenvalue weighted by Gasteiger charge is -1.95. The summed E-state index contributed by atoms with van der Waals surface area (Å²) >= 11 is 0. The molecular weight excluding hydrogens is 184 g/mol. The van der Waals surface area contributed by atoms with Crippen LogP contribution in [0.15, 0.2) is 42.7 Å². The summed E-state index contributed by atoms with van der Waals surface area (Å²) in [5.74, 6) is 0. The molecule has 74 valence electrons. The fourth-order valence-electron chi connectivity index (χ4n) is 2.29. The van der Waals surface area contributed by atoms with Crippen molar-refractivity contribution in [3.05, 3.63) is 48.3 Å². The van der Waals surface area contributed by atoms with E-state index in [9.17, 15) is 0 Å². The highest BCUT2D eigenvalue weighted by Gasteiger charge is 2.39. The molecule has 1 atom stereocenters. The number of aryl methyl sites for hydroxylation is 1. The Morgan fingerprint density at radius 2 is 1.80 bits per heavy atom. The first-order valence-corrected chi connectivity index (χ1v) is 5.30. The molecule has 0 aromatic carbocycles. The first-order chi connectivity index (χ1) is 7.27.